The Morgan fingerprint density at radius 1 is 0.966 bits per heavy atom. The molecule has 152 valence electrons. The predicted molar refractivity (Wildman–Crippen MR) is 111 cm³/mol. The number of ether oxygens (including phenoxy) is 3. The lowest BCUT2D eigenvalue weighted by Gasteiger charge is -2.37. The van der Waals surface area contributed by atoms with Gasteiger partial charge in [0.1, 0.15) is 5.75 Å². The van der Waals surface area contributed by atoms with Crippen molar-refractivity contribution in [3.8, 4) is 17.2 Å². The summed E-state index contributed by atoms with van der Waals surface area (Å²) in [6.07, 6.45) is 2.03. The molecule has 7 nitrogen and oxygen atoms in total. The molecule has 0 bridgehead atoms. The number of piperidine rings is 1. The van der Waals surface area contributed by atoms with Crippen molar-refractivity contribution >= 4 is 16.6 Å². The van der Waals surface area contributed by atoms with Crippen molar-refractivity contribution in [3.63, 3.8) is 0 Å². The minimum Gasteiger partial charge on any atom is -0.497 e. The number of rotatable bonds is 5. The van der Waals surface area contributed by atoms with Crippen LogP contribution in [0.4, 0.5) is 5.69 Å². The van der Waals surface area contributed by atoms with Crippen LogP contribution in [0.5, 0.6) is 17.2 Å². The number of benzene rings is 2. The molecule has 0 saturated carbocycles. The Labute approximate surface area is 169 Å². The lowest BCUT2D eigenvalue weighted by Crippen LogP contribution is -2.42. The van der Waals surface area contributed by atoms with Crippen LogP contribution in [0.3, 0.4) is 0 Å². The zero-order valence-corrected chi connectivity index (χ0v) is 16.8. The molecule has 2 unspecified atom stereocenters. The van der Waals surface area contributed by atoms with E-state index in [9.17, 15) is 5.11 Å². The fourth-order valence-corrected chi connectivity index (χ4v) is 4.01. The van der Waals surface area contributed by atoms with Gasteiger partial charge in [0.15, 0.2) is 11.5 Å². The SMILES string of the molecule is COc1ccc(C2CC(O)CN(c3cnnc4cc(OC)c(OC)cc34)C2)cc1. The van der Waals surface area contributed by atoms with Crippen molar-refractivity contribution in [1.82, 2.24) is 10.2 Å². The summed E-state index contributed by atoms with van der Waals surface area (Å²) in [6.45, 7) is 1.32. The normalized spacial score (nSPS) is 19.2. The maximum absolute atomic E-state index is 10.6. The molecule has 0 aliphatic carbocycles. The molecule has 3 aromatic rings. The van der Waals surface area contributed by atoms with Gasteiger partial charge in [-0.1, -0.05) is 12.1 Å². The summed E-state index contributed by atoms with van der Waals surface area (Å²) in [6, 6.07) is 11.8. The second-order valence-corrected chi connectivity index (χ2v) is 7.22. The molecule has 4 rings (SSSR count). The van der Waals surface area contributed by atoms with E-state index >= 15 is 0 Å². The van der Waals surface area contributed by atoms with Gasteiger partial charge in [-0.25, -0.2) is 0 Å². The number of anilines is 1. The zero-order valence-electron chi connectivity index (χ0n) is 16.8. The monoisotopic (exact) mass is 395 g/mol. The van der Waals surface area contributed by atoms with Crippen LogP contribution in [0.2, 0.25) is 0 Å². The highest BCUT2D eigenvalue weighted by Gasteiger charge is 2.28. The number of aromatic nitrogens is 2. The van der Waals surface area contributed by atoms with Gasteiger partial charge in [0.2, 0.25) is 0 Å². The Kier molecular flexibility index (Phi) is 5.40. The van der Waals surface area contributed by atoms with Gasteiger partial charge in [0.05, 0.1) is 44.8 Å². The number of methoxy groups -OCH3 is 3. The van der Waals surface area contributed by atoms with Crippen LogP contribution in [-0.2, 0) is 0 Å². The Balaban J connectivity index is 1.70. The summed E-state index contributed by atoms with van der Waals surface area (Å²) in [5.74, 6) is 2.28. The van der Waals surface area contributed by atoms with E-state index in [0.717, 1.165) is 35.3 Å². The first-order valence-corrected chi connectivity index (χ1v) is 9.57. The van der Waals surface area contributed by atoms with E-state index in [2.05, 4.69) is 27.2 Å². The van der Waals surface area contributed by atoms with Crippen LogP contribution < -0.4 is 19.1 Å². The number of aliphatic hydroxyl groups is 1. The summed E-state index contributed by atoms with van der Waals surface area (Å²) < 4.78 is 16.1. The summed E-state index contributed by atoms with van der Waals surface area (Å²) in [5, 5.41) is 19.9. The smallest absolute Gasteiger partial charge is 0.162 e. The molecule has 1 N–H and O–H groups in total. The van der Waals surface area contributed by atoms with Gasteiger partial charge < -0.3 is 24.2 Å². The molecule has 1 aliphatic heterocycles. The van der Waals surface area contributed by atoms with E-state index < -0.39 is 6.10 Å². The minimum absolute atomic E-state index is 0.202. The standard InChI is InChI=1S/C22H25N3O4/c1-27-17-6-4-14(5-7-17)15-8-16(26)13-25(12-15)20-11-23-24-19-10-22(29-3)21(28-2)9-18(19)20/h4-7,9-11,15-16,26H,8,12-13H2,1-3H3. The molecule has 29 heavy (non-hydrogen) atoms. The number of fused-ring (bicyclic) bond motifs is 1. The molecule has 1 aliphatic rings. The Hall–Kier alpha value is -3.06. The van der Waals surface area contributed by atoms with Gasteiger partial charge >= 0.3 is 0 Å². The predicted octanol–water partition coefficient (Wildman–Crippen LogP) is 3.01. The summed E-state index contributed by atoms with van der Waals surface area (Å²) in [4.78, 5) is 2.17. The highest BCUT2D eigenvalue weighted by atomic mass is 16.5. The number of hydrogen-bond donors (Lipinski definition) is 1. The van der Waals surface area contributed by atoms with Crippen molar-refractivity contribution in [2.75, 3.05) is 39.3 Å². The highest BCUT2D eigenvalue weighted by Crippen LogP contribution is 2.37. The van der Waals surface area contributed by atoms with Crippen LogP contribution in [0.25, 0.3) is 10.9 Å². The molecule has 0 spiro atoms. The van der Waals surface area contributed by atoms with E-state index in [4.69, 9.17) is 14.2 Å². The maximum Gasteiger partial charge on any atom is 0.162 e. The third-order valence-corrected chi connectivity index (χ3v) is 5.48. The lowest BCUT2D eigenvalue weighted by atomic mass is 9.89. The average Bonchev–Trinajstić information content (AvgIpc) is 2.77. The Bertz CT molecular complexity index is 993. The number of hydrogen-bond acceptors (Lipinski definition) is 7. The largest absolute Gasteiger partial charge is 0.497 e. The first kappa shape index (κ1) is 19.3. The van der Waals surface area contributed by atoms with E-state index in [1.54, 1.807) is 27.5 Å². The minimum atomic E-state index is -0.431. The van der Waals surface area contributed by atoms with Gasteiger partial charge in [-0.05, 0) is 30.2 Å². The van der Waals surface area contributed by atoms with Crippen LogP contribution in [0.1, 0.15) is 17.9 Å². The molecule has 2 heterocycles. The summed E-state index contributed by atoms with van der Waals surface area (Å²) in [5.41, 5.74) is 2.83. The quantitative estimate of drug-likeness (QED) is 0.712. The molecule has 2 atom stereocenters. The van der Waals surface area contributed by atoms with Gasteiger partial charge in [-0.2, -0.15) is 10.2 Å². The molecule has 0 radical (unpaired) electrons. The molecule has 1 fully saturated rings. The second-order valence-electron chi connectivity index (χ2n) is 7.22. The van der Waals surface area contributed by atoms with Crippen molar-refractivity contribution in [2.45, 2.75) is 18.4 Å². The Morgan fingerprint density at radius 2 is 1.69 bits per heavy atom. The van der Waals surface area contributed by atoms with Crippen molar-refractivity contribution in [1.29, 1.82) is 0 Å². The van der Waals surface area contributed by atoms with Gasteiger partial charge in [0.25, 0.3) is 0 Å². The van der Waals surface area contributed by atoms with Gasteiger partial charge in [-0.3, -0.25) is 0 Å². The maximum atomic E-state index is 10.6. The topological polar surface area (TPSA) is 76.9 Å². The van der Waals surface area contributed by atoms with Crippen molar-refractivity contribution in [2.24, 2.45) is 0 Å². The second kappa shape index (κ2) is 8.13. The van der Waals surface area contributed by atoms with Gasteiger partial charge in [0, 0.05) is 30.5 Å². The van der Waals surface area contributed by atoms with E-state index in [-0.39, 0.29) is 5.92 Å². The molecule has 0 amide bonds. The van der Waals surface area contributed by atoms with Gasteiger partial charge in [-0.15, -0.1) is 0 Å². The van der Waals surface area contributed by atoms with Crippen LogP contribution >= 0.6 is 0 Å². The van der Waals surface area contributed by atoms with Crippen molar-refractivity contribution in [3.05, 3.63) is 48.2 Å². The average molecular weight is 395 g/mol. The lowest BCUT2D eigenvalue weighted by molar-refractivity contribution is 0.144. The molecule has 1 aromatic heterocycles. The van der Waals surface area contributed by atoms with Crippen LogP contribution in [-0.4, -0.2) is 55.8 Å². The van der Waals surface area contributed by atoms with Crippen molar-refractivity contribution < 1.29 is 19.3 Å². The molecular weight excluding hydrogens is 370 g/mol. The first-order valence-electron chi connectivity index (χ1n) is 9.57. The van der Waals surface area contributed by atoms with Crippen LogP contribution in [0.15, 0.2) is 42.6 Å². The summed E-state index contributed by atoms with van der Waals surface area (Å²) >= 11 is 0. The Morgan fingerprint density at radius 3 is 2.38 bits per heavy atom. The fraction of sp³-hybridized carbons (Fsp3) is 0.364. The molecular formula is C22H25N3O4. The zero-order chi connectivity index (χ0) is 20.4. The van der Waals surface area contributed by atoms with E-state index in [1.807, 2.05) is 24.3 Å². The molecule has 7 heteroatoms. The number of aliphatic hydroxyl groups excluding tert-OH is 1. The van der Waals surface area contributed by atoms with E-state index in [0.29, 0.717) is 18.0 Å². The summed E-state index contributed by atoms with van der Waals surface area (Å²) in [7, 11) is 4.87. The number of nitrogens with zero attached hydrogens (tertiary/aromatic N) is 3. The molecule has 2 aromatic carbocycles. The van der Waals surface area contributed by atoms with Crippen LogP contribution in [0, 0.1) is 0 Å². The third-order valence-electron chi connectivity index (χ3n) is 5.48. The number of β-amino-alcohol motifs (C(OH)–C–C–N with tert-alkyl or cyclic N) is 1. The third kappa shape index (κ3) is 3.78. The van der Waals surface area contributed by atoms with E-state index in [1.165, 1.54) is 5.56 Å². The highest BCUT2D eigenvalue weighted by molar-refractivity contribution is 5.93. The molecule has 1 saturated heterocycles. The fourth-order valence-electron chi connectivity index (χ4n) is 4.01. The first-order chi connectivity index (χ1) is 14.1.